The van der Waals surface area contributed by atoms with Crippen LogP contribution in [0.5, 0.6) is 0 Å². The van der Waals surface area contributed by atoms with Gasteiger partial charge in [0, 0.05) is 25.9 Å². The first kappa shape index (κ1) is 16.2. The van der Waals surface area contributed by atoms with Crippen molar-refractivity contribution in [3.05, 3.63) is 24.4 Å². The van der Waals surface area contributed by atoms with Crippen molar-refractivity contribution in [2.24, 2.45) is 0 Å². The second-order valence-corrected chi connectivity index (χ2v) is 5.78. The van der Waals surface area contributed by atoms with Crippen LogP contribution in [-0.4, -0.2) is 50.9 Å². The van der Waals surface area contributed by atoms with Crippen LogP contribution in [0.1, 0.15) is 44.8 Å². The minimum atomic E-state index is -0.104. The van der Waals surface area contributed by atoms with Gasteiger partial charge in [-0.2, -0.15) is 4.98 Å². The summed E-state index contributed by atoms with van der Waals surface area (Å²) in [6, 6.07) is -0.0256. The van der Waals surface area contributed by atoms with Gasteiger partial charge in [0.1, 0.15) is 0 Å². The number of carbonyl (C=O) groups is 2. The smallest absolute Gasteiger partial charge is 0.246 e. The van der Waals surface area contributed by atoms with E-state index in [1.54, 1.807) is 9.80 Å². The summed E-state index contributed by atoms with van der Waals surface area (Å²) in [4.78, 5) is 31.3. The van der Waals surface area contributed by atoms with E-state index in [1.807, 2.05) is 13.8 Å². The van der Waals surface area contributed by atoms with Gasteiger partial charge in [0.25, 0.3) is 0 Å². The Morgan fingerprint density at radius 3 is 2.82 bits per heavy atom. The normalized spacial score (nSPS) is 17.8. The van der Waals surface area contributed by atoms with E-state index in [4.69, 9.17) is 4.52 Å². The van der Waals surface area contributed by atoms with E-state index in [2.05, 4.69) is 16.7 Å². The summed E-state index contributed by atoms with van der Waals surface area (Å²) in [7, 11) is 0. The molecule has 0 aliphatic carbocycles. The van der Waals surface area contributed by atoms with Gasteiger partial charge in [-0.1, -0.05) is 25.6 Å². The number of carbonyl (C=O) groups excluding carboxylic acids is 2. The van der Waals surface area contributed by atoms with E-state index in [0.717, 1.165) is 6.42 Å². The lowest BCUT2D eigenvalue weighted by Crippen LogP contribution is -2.41. The highest BCUT2D eigenvalue weighted by atomic mass is 16.5. The number of nitrogens with zero attached hydrogens (tertiary/aromatic N) is 4. The average Bonchev–Trinajstić information content (AvgIpc) is 3.12. The standard InChI is InChI=1S/C15H22N4O3/c1-5-14(21)18-7-6-12(8-18)19(11(4)20)9-13-16-15(10(2)3)22-17-13/h5,10,12H,1,6-9H2,2-4H3. The molecule has 2 amide bonds. The summed E-state index contributed by atoms with van der Waals surface area (Å²) in [5.74, 6) is 1.04. The molecule has 22 heavy (non-hydrogen) atoms. The molecule has 1 aliphatic heterocycles. The maximum atomic E-state index is 11.9. The van der Waals surface area contributed by atoms with Crippen LogP contribution in [0.3, 0.4) is 0 Å². The third kappa shape index (κ3) is 3.52. The van der Waals surface area contributed by atoms with Crippen molar-refractivity contribution >= 4 is 11.8 Å². The van der Waals surface area contributed by atoms with Gasteiger partial charge in [-0.15, -0.1) is 0 Å². The molecular formula is C15H22N4O3. The summed E-state index contributed by atoms with van der Waals surface area (Å²) in [6.07, 6.45) is 2.04. The molecule has 2 heterocycles. The molecule has 1 aromatic rings. The molecule has 1 saturated heterocycles. The number of likely N-dealkylation sites (tertiary alicyclic amines) is 1. The topological polar surface area (TPSA) is 79.5 Å². The number of hydrogen-bond donors (Lipinski definition) is 0. The fourth-order valence-electron chi connectivity index (χ4n) is 2.54. The van der Waals surface area contributed by atoms with Gasteiger partial charge < -0.3 is 14.3 Å². The molecule has 7 nitrogen and oxygen atoms in total. The Morgan fingerprint density at radius 2 is 2.27 bits per heavy atom. The number of rotatable bonds is 5. The number of amides is 2. The molecule has 0 N–H and O–H groups in total. The predicted octanol–water partition coefficient (Wildman–Crippen LogP) is 1.33. The number of hydrogen-bond acceptors (Lipinski definition) is 5. The molecule has 7 heteroatoms. The first-order chi connectivity index (χ1) is 10.4. The van der Waals surface area contributed by atoms with Gasteiger partial charge >= 0.3 is 0 Å². The van der Waals surface area contributed by atoms with E-state index >= 15 is 0 Å². The Bertz CT molecular complexity index is 567. The van der Waals surface area contributed by atoms with Gasteiger partial charge in [0.2, 0.25) is 17.7 Å². The fraction of sp³-hybridized carbons (Fsp3) is 0.600. The van der Waals surface area contributed by atoms with Gasteiger partial charge in [-0.05, 0) is 12.5 Å². The van der Waals surface area contributed by atoms with Crippen molar-refractivity contribution < 1.29 is 14.1 Å². The van der Waals surface area contributed by atoms with E-state index in [1.165, 1.54) is 13.0 Å². The minimum absolute atomic E-state index is 0.0256. The third-order valence-corrected chi connectivity index (χ3v) is 3.78. The first-order valence-electron chi connectivity index (χ1n) is 7.43. The van der Waals surface area contributed by atoms with Crippen molar-refractivity contribution in [2.75, 3.05) is 13.1 Å². The Morgan fingerprint density at radius 1 is 1.55 bits per heavy atom. The predicted molar refractivity (Wildman–Crippen MR) is 79.8 cm³/mol. The highest BCUT2D eigenvalue weighted by Gasteiger charge is 2.31. The maximum absolute atomic E-state index is 11.9. The highest BCUT2D eigenvalue weighted by molar-refractivity contribution is 5.87. The lowest BCUT2D eigenvalue weighted by atomic mass is 10.2. The second-order valence-electron chi connectivity index (χ2n) is 5.78. The van der Waals surface area contributed by atoms with Gasteiger partial charge in [-0.3, -0.25) is 9.59 Å². The van der Waals surface area contributed by atoms with E-state index in [-0.39, 0.29) is 23.8 Å². The molecule has 1 unspecified atom stereocenters. The van der Waals surface area contributed by atoms with Crippen molar-refractivity contribution in [3.63, 3.8) is 0 Å². The quantitative estimate of drug-likeness (QED) is 0.767. The molecule has 0 aromatic carbocycles. The second kappa shape index (κ2) is 6.72. The van der Waals surface area contributed by atoms with Crippen molar-refractivity contribution in [3.8, 4) is 0 Å². The van der Waals surface area contributed by atoms with Crippen LogP contribution < -0.4 is 0 Å². The van der Waals surface area contributed by atoms with Gasteiger partial charge in [-0.25, -0.2) is 0 Å². The van der Waals surface area contributed by atoms with E-state index in [9.17, 15) is 9.59 Å². The zero-order valence-corrected chi connectivity index (χ0v) is 13.3. The largest absolute Gasteiger partial charge is 0.339 e. The van der Waals surface area contributed by atoms with Crippen LogP contribution in [0.2, 0.25) is 0 Å². The molecule has 1 fully saturated rings. The van der Waals surface area contributed by atoms with Gasteiger partial charge in [0.05, 0.1) is 12.6 Å². The monoisotopic (exact) mass is 306 g/mol. The number of aromatic nitrogens is 2. The summed E-state index contributed by atoms with van der Waals surface area (Å²) in [5, 5.41) is 3.92. The zero-order chi connectivity index (χ0) is 16.3. The SMILES string of the molecule is C=CC(=O)N1CCC(N(Cc2noc(C(C)C)n2)C(C)=O)C1. The highest BCUT2D eigenvalue weighted by Crippen LogP contribution is 2.19. The van der Waals surface area contributed by atoms with E-state index in [0.29, 0.717) is 31.3 Å². The van der Waals surface area contributed by atoms with Crippen molar-refractivity contribution in [1.29, 1.82) is 0 Å². The molecule has 0 spiro atoms. The van der Waals surface area contributed by atoms with Crippen LogP contribution >= 0.6 is 0 Å². The van der Waals surface area contributed by atoms with Crippen LogP contribution in [-0.2, 0) is 16.1 Å². The molecule has 1 atom stereocenters. The molecule has 0 radical (unpaired) electrons. The summed E-state index contributed by atoms with van der Waals surface area (Å²) in [5.41, 5.74) is 0. The Balaban J connectivity index is 2.05. The van der Waals surface area contributed by atoms with Crippen LogP contribution in [0.25, 0.3) is 0 Å². The Labute approximate surface area is 130 Å². The summed E-state index contributed by atoms with van der Waals surface area (Å²) < 4.78 is 5.17. The van der Waals surface area contributed by atoms with Crippen molar-refractivity contribution in [1.82, 2.24) is 19.9 Å². The summed E-state index contributed by atoms with van der Waals surface area (Å²) in [6.45, 7) is 10.4. The average molecular weight is 306 g/mol. The lowest BCUT2D eigenvalue weighted by molar-refractivity contribution is -0.132. The first-order valence-corrected chi connectivity index (χ1v) is 7.43. The minimum Gasteiger partial charge on any atom is -0.339 e. The van der Waals surface area contributed by atoms with Gasteiger partial charge in [0.15, 0.2) is 5.82 Å². The van der Waals surface area contributed by atoms with Crippen LogP contribution in [0.15, 0.2) is 17.2 Å². The van der Waals surface area contributed by atoms with E-state index < -0.39 is 0 Å². The Kier molecular flexibility index (Phi) is 4.95. The molecule has 2 rings (SSSR count). The lowest BCUT2D eigenvalue weighted by Gasteiger charge is -2.26. The molecule has 1 aromatic heterocycles. The van der Waals surface area contributed by atoms with Crippen LogP contribution in [0.4, 0.5) is 0 Å². The maximum Gasteiger partial charge on any atom is 0.246 e. The van der Waals surface area contributed by atoms with Crippen LogP contribution in [0, 0.1) is 0 Å². The molecule has 0 bridgehead atoms. The zero-order valence-electron chi connectivity index (χ0n) is 13.3. The Hall–Kier alpha value is -2.18. The third-order valence-electron chi connectivity index (χ3n) is 3.78. The van der Waals surface area contributed by atoms with Crippen molar-refractivity contribution in [2.45, 2.75) is 45.7 Å². The molecule has 120 valence electrons. The molecule has 1 aliphatic rings. The molecular weight excluding hydrogens is 284 g/mol. The molecule has 0 saturated carbocycles. The fourth-order valence-corrected chi connectivity index (χ4v) is 2.54. The summed E-state index contributed by atoms with van der Waals surface area (Å²) >= 11 is 0.